The van der Waals surface area contributed by atoms with Crippen molar-refractivity contribution < 1.29 is 5.11 Å². The Kier molecular flexibility index (Phi) is 4.29. The monoisotopic (exact) mass is 435 g/mol. The van der Waals surface area contributed by atoms with Crippen LogP contribution in [-0.4, -0.2) is 30.2 Å². The molecule has 3 N–H and O–H groups in total. The van der Waals surface area contributed by atoms with E-state index in [1.807, 2.05) is 25.1 Å². The molecule has 1 aliphatic carbocycles. The predicted octanol–water partition coefficient (Wildman–Crippen LogP) is 5.29. The van der Waals surface area contributed by atoms with Gasteiger partial charge in [0.05, 0.1) is 22.2 Å². The maximum Gasteiger partial charge on any atom is 0.146 e. The highest BCUT2D eigenvalue weighted by Crippen LogP contribution is 2.45. The molecule has 0 atom stereocenters. The Morgan fingerprint density at radius 1 is 1.00 bits per heavy atom. The van der Waals surface area contributed by atoms with E-state index in [4.69, 9.17) is 10.7 Å². The smallest absolute Gasteiger partial charge is 0.146 e. The number of aromatic nitrogens is 4. The summed E-state index contributed by atoms with van der Waals surface area (Å²) in [4.78, 5) is 13.9. The van der Waals surface area contributed by atoms with Crippen LogP contribution in [0.2, 0.25) is 0 Å². The fraction of sp³-hybridized carbons (Fsp3) is 0.222. The average Bonchev–Trinajstić information content (AvgIpc) is 3.18. The van der Waals surface area contributed by atoms with E-state index in [0.717, 1.165) is 49.9 Å². The first-order chi connectivity index (χ1) is 15.9. The van der Waals surface area contributed by atoms with Crippen LogP contribution < -0.4 is 5.73 Å². The zero-order valence-electron chi connectivity index (χ0n) is 18.7. The lowest BCUT2D eigenvalue weighted by atomic mass is 9.77. The van der Waals surface area contributed by atoms with E-state index in [1.165, 1.54) is 6.33 Å². The Morgan fingerprint density at radius 3 is 2.52 bits per heavy atom. The Hall–Kier alpha value is -3.77. The van der Waals surface area contributed by atoms with Crippen molar-refractivity contribution in [3.63, 3.8) is 0 Å². The van der Waals surface area contributed by atoms with Crippen LogP contribution in [0.5, 0.6) is 0 Å². The maximum atomic E-state index is 10.3. The summed E-state index contributed by atoms with van der Waals surface area (Å²) in [5.41, 5.74) is 12.7. The first-order valence-corrected chi connectivity index (χ1v) is 11.2. The molecule has 0 saturated heterocycles. The van der Waals surface area contributed by atoms with Gasteiger partial charge in [0, 0.05) is 28.8 Å². The molecule has 3 aromatic heterocycles. The molecular formula is C27H25N5O. The van der Waals surface area contributed by atoms with Gasteiger partial charge in [-0.25, -0.2) is 15.0 Å². The largest absolute Gasteiger partial charge is 0.390 e. The van der Waals surface area contributed by atoms with Crippen LogP contribution >= 0.6 is 0 Å². The van der Waals surface area contributed by atoms with Crippen molar-refractivity contribution >= 4 is 27.8 Å². The van der Waals surface area contributed by atoms with Crippen molar-refractivity contribution in [1.29, 1.82) is 0 Å². The third kappa shape index (κ3) is 3.17. The van der Waals surface area contributed by atoms with E-state index >= 15 is 0 Å². The standard InChI is InChI=1S/C27H25N5O/c1-16-20(10-8-18-9-11-22(31-24(16)18)17-6-4-3-5-7-17)21-14-32(19-12-27(2,33)13-19)26-23(21)25(28)29-15-30-26/h3-11,14-15,19,33H,12-13H2,1-2H3,(H2,28,29,30). The minimum absolute atomic E-state index is 0.189. The summed E-state index contributed by atoms with van der Waals surface area (Å²) in [7, 11) is 0. The molecule has 164 valence electrons. The van der Waals surface area contributed by atoms with Crippen LogP contribution in [-0.2, 0) is 0 Å². The Labute approximate surface area is 191 Å². The van der Waals surface area contributed by atoms with Crippen LogP contribution in [0.4, 0.5) is 5.82 Å². The first-order valence-electron chi connectivity index (χ1n) is 11.2. The van der Waals surface area contributed by atoms with Gasteiger partial charge in [-0.1, -0.05) is 48.5 Å². The molecule has 33 heavy (non-hydrogen) atoms. The maximum absolute atomic E-state index is 10.3. The average molecular weight is 436 g/mol. The summed E-state index contributed by atoms with van der Waals surface area (Å²) in [6.45, 7) is 3.99. The lowest BCUT2D eigenvalue weighted by Crippen LogP contribution is -2.41. The van der Waals surface area contributed by atoms with Crippen molar-refractivity contribution in [3.8, 4) is 22.4 Å². The lowest BCUT2D eigenvalue weighted by molar-refractivity contribution is -0.0498. The minimum Gasteiger partial charge on any atom is -0.390 e. The minimum atomic E-state index is -0.628. The third-order valence-corrected chi connectivity index (χ3v) is 6.86. The number of aliphatic hydroxyl groups is 1. The van der Waals surface area contributed by atoms with Gasteiger partial charge < -0.3 is 15.4 Å². The second-order valence-electron chi connectivity index (χ2n) is 9.34. The van der Waals surface area contributed by atoms with Gasteiger partial charge >= 0.3 is 0 Å². The zero-order chi connectivity index (χ0) is 22.7. The molecule has 0 aliphatic heterocycles. The highest BCUT2D eigenvalue weighted by molar-refractivity contribution is 6.03. The van der Waals surface area contributed by atoms with E-state index in [2.05, 4.69) is 64.1 Å². The number of rotatable bonds is 3. The lowest BCUT2D eigenvalue weighted by Gasteiger charge is -2.41. The normalized spacial score (nSPS) is 20.3. The van der Waals surface area contributed by atoms with Crippen molar-refractivity contribution in [3.05, 3.63) is 72.7 Å². The number of fused-ring (bicyclic) bond motifs is 2. The van der Waals surface area contributed by atoms with Crippen molar-refractivity contribution in [2.75, 3.05) is 5.73 Å². The molecule has 6 nitrogen and oxygen atoms in total. The summed E-state index contributed by atoms with van der Waals surface area (Å²) >= 11 is 0. The van der Waals surface area contributed by atoms with Gasteiger partial charge in [0.1, 0.15) is 17.8 Å². The number of nitrogens with two attached hydrogens (primary N) is 1. The zero-order valence-corrected chi connectivity index (χ0v) is 18.7. The molecule has 1 aliphatic rings. The number of hydrogen-bond acceptors (Lipinski definition) is 5. The van der Waals surface area contributed by atoms with Crippen molar-refractivity contribution in [2.24, 2.45) is 0 Å². The number of aryl methyl sites for hydroxylation is 1. The van der Waals surface area contributed by atoms with Crippen LogP contribution in [0.15, 0.2) is 67.1 Å². The van der Waals surface area contributed by atoms with E-state index in [0.29, 0.717) is 18.7 Å². The molecule has 0 amide bonds. The van der Waals surface area contributed by atoms with Crippen molar-refractivity contribution in [2.45, 2.75) is 38.3 Å². The highest BCUT2D eigenvalue weighted by atomic mass is 16.3. The van der Waals surface area contributed by atoms with E-state index in [9.17, 15) is 5.11 Å². The van der Waals surface area contributed by atoms with Gasteiger partial charge in [0.25, 0.3) is 0 Å². The molecule has 0 radical (unpaired) electrons. The molecule has 2 aromatic carbocycles. The molecule has 1 saturated carbocycles. The second-order valence-corrected chi connectivity index (χ2v) is 9.34. The van der Waals surface area contributed by atoms with Gasteiger partial charge in [-0.05, 0) is 43.9 Å². The van der Waals surface area contributed by atoms with Crippen LogP contribution in [0.1, 0.15) is 31.4 Å². The Morgan fingerprint density at radius 2 is 1.76 bits per heavy atom. The SMILES string of the molecule is Cc1c(-c2cn(C3CC(C)(O)C3)c3ncnc(N)c23)ccc2ccc(-c3ccccc3)nc12. The predicted molar refractivity (Wildman–Crippen MR) is 132 cm³/mol. The molecule has 0 spiro atoms. The molecule has 6 heteroatoms. The van der Waals surface area contributed by atoms with Crippen LogP contribution in [0, 0.1) is 6.92 Å². The van der Waals surface area contributed by atoms with Gasteiger partial charge in [-0.2, -0.15) is 0 Å². The van der Waals surface area contributed by atoms with Crippen LogP contribution in [0.25, 0.3) is 44.3 Å². The number of nitrogen functional groups attached to an aromatic ring is 1. The molecule has 0 bridgehead atoms. The number of hydrogen-bond donors (Lipinski definition) is 2. The second kappa shape index (κ2) is 7.12. The first kappa shape index (κ1) is 19.9. The van der Waals surface area contributed by atoms with Crippen molar-refractivity contribution in [1.82, 2.24) is 19.5 Å². The molecule has 6 rings (SSSR count). The summed E-state index contributed by atoms with van der Waals surface area (Å²) < 4.78 is 2.15. The Bertz CT molecular complexity index is 1510. The van der Waals surface area contributed by atoms with Gasteiger partial charge in [0.2, 0.25) is 0 Å². The summed E-state index contributed by atoms with van der Waals surface area (Å²) in [6, 6.07) is 18.8. The molecular weight excluding hydrogens is 410 g/mol. The highest BCUT2D eigenvalue weighted by Gasteiger charge is 2.40. The number of pyridine rings is 1. The number of benzene rings is 2. The summed E-state index contributed by atoms with van der Waals surface area (Å²) in [6.07, 6.45) is 5.01. The van der Waals surface area contributed by atoms with Crippen LogP contribution in [0.3, 0.4) is 0 Å². The molecule has 5 aromatic rings. The van der Waals surface area contributed by atoms with Gasteiger partial charge in [0.15, 0.2) is 0 Å². The fourth-order valence-electron chi connectivity index (χ4n) is 5.13. The number of nitrogens with zero attached hydrogens (tertiary/aromatic N) is 4. The Balaban J connectivity index is 1.55. The molecule has 3 heterocycles. The quantitative estimate of drug-likeness (QED) is 0.402. The summed E-state index contributed by atoms with van der Waals surface area (Å²) in [5.74, 6) is 0.463. The molecule has 1 fully saturated rings. The van der Waals surface area contributed by atoms with E-state index < -0.39 is 5.60 Å². The third-order valence-electron chi connectivity index (χ3n) is 6.86. The van der Waals surface area contributed by atoms with E-state index in [-0.39, 0.29) is 6.04 Å². The van der Waals surface area contributed by atoms with Gasteiger partial charge in [-0.15, -0.1) is 0 Å². The summed E-state index contributed by atoms with van der Waals surface area (Å²) in [5, 5.41) is 12.2. The topological polar surface area (TPSA) is 89.8 Å². The van der Waals surface area contributed by atoms with Gasteiger partial charge in [-0.3, -0.25) is 0 Å². The number of anilines is 1. The van der Waals surface area contributed by atoms with E-state index in [1.54, 1.807) is 0 Å². The molecule has 0 unspecified atom stereocenters. The fourth-order valence-corrected chi connectivity index (χ4v) is 5.13.